The van der Waals surface area contributed by atoms with Gasteiger partial charge < -0.3 is 19.7 Å². The number of esters is 1. The van der Waals surface area contributed by atoms with Crippen LogP contribution in [0, 0.1) is 0 Å². The molecule has 0 spiro atoms. The molecule has 0 aliphatic rings. The van der Waals surface area contributed by atoms with E-state index in [1.165, 1.54) is 7.11 Å². The molecular formula is C11H24N2O3. The Morgan fingerprint density at radius 1 is 1.44 bits per heavy atom. The quantitative estimate of drug-likeness (QED) is 0.572. The van der Waals surface area contributed by atoms with Crippen LogP contribution >= 0.6 is 0 Å². The van der Waals surface area contributed by atoms with Crippen LogP contribution in [-0.4, -0.2) is 64.4 Å². The van der Waals surface area contributed by atoms with E-state index in [9.17, 15) is 4.79 Å². The second-order valence-electron chi connectivity index (χ2n) is 3.78. The minimum Gasteiger partial charge on any atom is -0.468 e. The van der Waals surface area contributed by atoms with Crippen molar-refractivity contribution < 1.29 is 14.3 Å². The van der Waals surface area contributed by atoms with Crippen LogP contribution in [0.3, 0.4) is 0 Å². The highest BCUT2D eigenvalue weighted by molar-refractivity contribution is 5.75. The fourth-order valence-electron chi connectivity index (χ4n) is 1.33. The SMILES string of the molecule is CCCNC(CN(C)CCOC)C(=O)OC. The molecule has 1 atom stereocenters. The van der Waals surface area contributed by atoms with E-state index in [4.69, 9.17) is 9.47 Å². The average molecular weight is 232 g/mol. The van der Waals surface area contributed by atoms with Crippen molar-refractivity contribution in [3.63, 3.8) is 0 Å². The maximum atomic E-state index is 11.5. The van der Waals surface area contributed by atoms with E-state index < -0.39 is 0 Å². The van der Waals surface area contributed by atoms with Crippen molar-refractivity contribution in [2.45, 2.75) is 19.4 Å². The van der Waals surface area contributed by atoms with Gasteiger partial charge in [-0.15, -0.1) is 0 Å². The van der Waals surface area contributed by atoms with Gasteiger partial charge in [0.2, 0.25) is 0 Å². The number of carbonyl (C=O) groups is 1. The van der Waals surface area contributed by atoms with Crippen LogP contribution in [0.4, 0.5) is 0 Å². The van der Waals surface area contributed by atoms with Gasteiger partial charge in [-0.3, -0.25) is 4.79 Å². The Hall–Kier alpha value is -0.650. The lowest BCUT2D eigenvalue weighted by atomic mass is 10.2. The maximum absolute atomic E-state index is 11.5. The molecule has 0 aliphatic carbocycles. The molecule has 96 valence electrons. The summed E-state index contributed by atoms with van der Waals surface area (Å²) < 4.78 is 9.74. The largest absolute Gasteiger partial charge is 0.468 e. The maximum Gasteiger partial charge on any atom is 0.324 e. The van der Waals surface area contributed by atoms with Gasteiger partial charge in [-0.05, 0) is 20.0 Å². The predicted molar refractivity (Wildman–Crippen MR) is 63.5 cm³/mol. The number of nitrogens with one attached hydrogen (secondary N) is 1. The van der Waals surface area contributed by atoms with Gasteiger partial charge in [-0.2, -0.15) is 0 Å². The number of hydrogen-bond acceptors (Lipinski definition) is 5. The standard InChI is InChI=1S/C11H24N2O3/c1-5-6-12-10(11(14)16-4)9-13(2)7-8-15-3/h10,12H,5-9H2,1-4H3. The molecule has 5 heteroatoms. The summed E-state index contributed by atoms with van der Waals surface area (Å²) in [6.45, 7) is 4.99. The summed E-state index contributed by atoms with van der Waals surface area (Å²) in [5.41, 5.74) is 0. The molecule has 0 saturated heterocycles. The van der Waals surface area contributed by atoms with Crippen LogP contribution in [0.5, 0.6) is 0 Å². The van der Waals surface area contributed by atoms with Gasteiger partial charge in [0.15, 0.2) is 0 Å². The van der Waals surface area contributed by atoms with Crippen LogP contribution in [0.15, 0.2) is 0 Å². The minimum atomic E-state index is -0.258. The molecule has 0 aromatic carbocycles. The molecule has 0 heterocycles. The number of methoxy groups -OCH3 is 2. The van der Waals surface area contributed by atoms with Crippen molar-refractivity contribution in [2.75, 3.05) is 47.5 Å². The Morgan fingerprint density at radius 2 is 2.12 bits per heavy atom. The van der Waals surface area contributed by atoms with Crippen molar-refractivity contribution in [2.24, 2.45) is 0 Å². The van der Waals surface area contributed by atoms with Crippen molar-refractivity contribution in [3.05, 3.63) is 0 Å². The molecule has 0 aromatic heterocycles. The Balaban J connectivity index is 4.03. The van der Waals surface area contributed by atoms with Gasteiger partial charge in [-0.25, -0.2) is 0 Å². The third-order valence-electron chi connectivity index (χ3n) is 2.30. The van der Waals surface area contributed by atoms with E-state index in [1.54, 1.807) is 7.11 Å². The molecule has 0 aromatic rings. The fourth-order valence-corrected chi connectivity index (χ4v) is 1.33. The normalized spacial score (nSPS) is 12.8. The Labute approximate surface area is 98.1 Å². The van der Waals surface area contributed by atoms with E-state index in [-0.39, 0.29) is 12.0 Å². The number of nitrogens with zero attached hydrogens (tertiary/aromatic N) is 1. The number of carbonyl (C=O) groups excluding carboxylic acids is 1. The molecule has 0 fully saturated rings. The molecule has 0 aliphatic heterocycles. The van der Waals surface area contributed by atoms with E-state index in [0.717, 1.165) is 19.5 Å². The number of likely N-dealkylation sites (N-methyl/N-ethyl adjacent to an activating group) is 1. The molecule has 1 N–H and O–H groups in total. The lowest BCUT2D eigenvalue weighted by Crippen LogP contribution is -2.46. The molecular weight excluding hydrogens is 208 g/mol. The molecule has 5 nitrogen and oxygen atoms in total. The molecule has 0 radical (unpaired) electrons. The summed E-state index contributed by atoms with van der Waals surface area (Å²) >= 11 is 0. The number of hydrogen-bond donors (Lipinski definition) is 1. The molecule has 0 bridgehead atoms. The van der Waals surface area contributed by atoms with Crippen molar-refractivity contribution in [1.29, 1.82) is 0 Å². The van der Waals surface area contributed by atoms with E-state index >= 15 is 0 Å². The average Bonchev–Trinajstić information content (AvgIpc) is 2.30. The van der Waals surface area contributed by atoms with E-state index in [0.29, 0.717) is 13.2 Å². The van der Waals surface area contributed by atoms with Gasteiger partial charge in [0.05, 0.1) is 13.7 Å². The van der Waals surface area contributed by atoms with E-state index in [2.05, 4.69) is 12.2 Å². The van der Waals surface area contributed by atoms with Crippen LogP contribution < -0.4 is 5.32 Å². The summed E-state index contributed by atoms with van der Waals surface area (Å²) in [6.07, 6.45) is 0.995. The first-order chi connectivity index (χ1) is 7.65. The predicted octanol–water partition coefficient (Wildman–Crippen LogP) is 0.106. The smallest absolute Gasteiger partial charge is 0.324 e. The summed E-state index contributed by atoms with van der Waals surface area (Å²) in [4.78, 5) is 13.5. The van der Waals surface area contributed by atoms with Crippen LogP contribution in [0.2, 0.25) is 0 Å². The molecule has 0 rings (SSSR count). The highest BCUT2D eigenvalue weighted by atomic mass is 16.5. The van der Waals surface area contributed by atoms with Gasteiger partial charge >= 0.3 is 5.97 Å². The molecule has 1 unspecified atom stereocenters. The minimum absolute atomic E-state index is 0.210. The van der Waals surface area contributed by atoms with Crippen molar-refractivity contribution in [3.8, 4) is 0 Å². The highest BCUT2D eigenvalue weighted by Gasteiger charge is 2.19. The first-order valence-electron chi connectivity index (χ1n) is 5.64. The second-order valence-corrected chi connectivity index (χ2v) is 3.78. The third-order valence-corrected chi connectivity index (χ3v) is 2.30. The van der Waals surface area contributed by atoms with Crippen molar-refractivity contribution >= 4 is 5.97 Å². The van der Waals surface area contributed by atoms with Crippen LogP contribution in [0.25, 0.3) is 0 Å². The van der Waals surface area contributed by atoms with Gasteiger partial charge in [0.1, 0.15) is 6.04 Å². The van der Waals surface area contributed by atoms with Crippen LogP contribution in [-0.2, 0) is 14.3 Å². The van der Waals surface area contributed by atoms with E-state index in [1.807, 2.05) is 11.9 Å². The molecule has 0 saturated carbocycles. The fraction of sp³-hybridized carbons (Fsp3) is 0.909. The monoisotopic (exact) mass is 232 g/mol. The summed E-state index contributed by atoms with van der Waals surface area (Å²) in [5, 5.41) is 3.17. The lowest BCUT2D eigenvalue weighted by Gasteiger charge is -2.22. The number of ether oxygens (including phenoxy) is 2. The highest BCUT2D eigenvalue weighted by Crippen LogP contribution is 1.93. The molecule has 16 heavy (non-hydrogen) atoms. The Bertz CT molecular complexity index is 188. The third kappa shape index (κ3) is 6.76. The second kappa shape index (κ2) is 9.57. The first kappa shape index (κ1) is 15.3. The zero-order chi connectivity index (χ0) is 12.4. The van der Waals surface area contributed by atoms with Gasteiger partial charge in [0.25, 0.3) is 0 Å². The lowest BCUT2D eigenvalue weighted by molar-refractivity contribution is -0.143. The van der Waals surface area contributed by atoms with Gasteiger partial charge in [-0.1, -0.05) is 6.92 Å². The Morgan fingerprint density at radius 3 is 2.62 bits per heavy atom. The summed E-state index contributed by atoms with van der Waals surface area (Å²) in [6, 6.07) is -0.258. The Kier molecular flexibility index (Phi) is 9.18. The zero-order valence-electron chi connectivity index (χ0n) is 10.8. The zero-order valence-corrected chi connectivity index (χ0v) is 10.8. The summed E-state index contributed by atoms with van der Waals surface area (Å²) in [5.74, 6) is -0.210. The molecule has 0 amide bonds. The summed E-state index contributed by atoms with van der Waals surface area (Å²) in [7, 11) is 5.04. The topological polar surface area (TPSA) is 50.8 Å². The number of rotatable bonds is 9. The van der Waals surface area contributed by atoms with Crippen molar-refractivity contribution in [1.82, 2.24) is 10.2 Å². The van der Waals surface area contributed by atoms with Crippen LogP contribution in [0.1, 0.15) is 13.3 Å². The van der Waals surface area contributed by atoms with Gasteiger partial charge in [0, 0.05) is 20.2 Å². The first-order valence-corrected chi connectivity index (χ1v) is 5.64.